The predicted octanol–water partition coefficient (Wildman–Crippen LogP) is 2.97. The molecule has 2 bridgehead atoms. The van der Waals surface area contributed by atoms with Gasteiger partial charge in [0.05, 0.1) is 12.7 Å². The Kier molecular flexibility index (Phi) is 5.07. The van der Waals surface area contributed by atoms with Crippen LogP contribution in [0.3, 0.4) is 0 Å². The summed E-state index contributed by atoms with van der Waals surface area (Å²) in [5, 5.41) is 0. The summed E-state index contributed by atoms with van der Waals surface area (Å²) in [6.07, 6.45) is 5.78. The van der Waals surface area contributed by atoms with E-state index >= 15 is 0 Å². The zero-order chi connectivity index (χ0) is 18.8. The Balaban J connectivity index is 1.54. The molecular formula is C21H24FN3O2. The van der Waals surface area contributed by atoms with Crippen molar-refractivity contribution in [1.82, 2.24) is 14.8 Å². The molecule has 0 spiro atoms. The van der Waals surface area contributed by atoms with Crippen molar-refractivity contribution in [3.63, 3.8) is 0 Å². The SMILES string of the molecule is COc1ccc(F)cc1C(=O)N1C[C@H]2CC[C@@H]1CN(Cc1cccnc1)C2. The number of hydrogen-bond donors (Lipinski definition) is 0. The van der Waals surface area contributed by atoms with Crippen LogP contribution in [0.15, 0.2) is 42.7 Å². The molecule has 1 aromatic heterocycles. The highest BCUT2D eigenvalue weighted by Crippen LogP contribution is 2.31. The first-order valence-electron chi connectivity index (χ1n) is 9.40. The lowest BCUT2D eigenvalue weighted by Crippen LogP contribution is -2.47. The van der Waals surface area contributed by atoms with Crippen molar-refractivity contribution in [3.05, 3.63) is 59.7 Å². The van der Waals surface area contributed by atoms with Crippen molar-refractivity contribution >= 4 is 5.91 Å². The summed E-state index contributed by atoms with van der Waals surface area (Å²) in [4.78, 5) is 21.7. The lowest BCUT2D eigenvalue weighted by molar-refractivity contribution is 0.0581. The molecule has 27 heavy (non-hydrogen) atoms. The molecule has 0 aliphatic carbocycles. The van der Waals surface area contributed by atoms with Gasteiger partial charge in [0.2, 0.25) is 0 Å². The number of halogens is 1. The van der Waals surface area contributed by atoms with Gasteiger partial charge in [0.1, 0.15) is 11.6 Å². The van der Waals surface area contributed by atoms with Crippen molar-refractivity contribution in [2.24, 2.45) is 5.92 Å². The molecule has 3 saturated heterocycles. The maximum Gasteiger partial charge on any atom is 0.258 e. The minimum absolute atomic E-state index is 0.135. The Morgan fingerprint density at radius 3 is 2.93 bits per heavy atom. The molecule has 2 aromatic rings. The highest BCUT2D eigenvalue weighted by molar-refractivity contribution is 5.97. The van der Waals surface area contributed by atoms with Crippen LogP contribution in [0.5, 0.6) is 5.75 Å². The van der Waals surface area contributed by atoms with Crippen molar-refractivity contribution in [2.75, 3.05) is 26.7 Å². The first kappa shape index (κ1) is 17.9. The number of nitrogens with zero attached hydrogens (tertiary/aromatic N) is 3. The van der Waals surface area contributed by atoms with Crippen LogP contribution >= 0.6 is 0 Å². The second-order valence-corrected chi connectivity index (χ2v) is 7.45. The highest BCUT2D eigenvalue weighted by Gasteiger charge is 2.38. The Hall–Kier alpha value is -2.47. The Morgan fingerprint density at radius 2 is 2.15 bits per heavy atom. The molecule has 5 nitrogen and oxygen atoms in total. The molecule has 0 saturated carbocycles. The molecular weight excluding hydrogens is 345 g/mol. The molecule has 0 radical (unpaired) electrons. The molecule has 3 aliphatic heterocycles. The number of fused-ring (bicyclic) bond motifs is 4. The third-order valence-corrected chi connectivity index (χ3v) is 5.57. The van der Waals surface area contributed by atoms with Crippen molar-refractivity contribution < 1.29 is 13.9 Å². The molecule has 0 N–H and O–H groups in total. The second kappa shape index (κ2) is 7.64. The lowest BCUT2D eigenvalue weighted by atomic mass is 9.94. The number of methoxy groups -OCH3 is 1. The minimum Gasteiger partial charge on any atom is -0.496 e. The van der Waals surface area contributed by atoms with Crippen LogP contribution in [-0.2, 0) is 6.54 Å². The average Bonchev–Trinajstić information content (AvgIpc) is 2.98. The molecule has 0 unspecified atom stereocenters. The molecule has 1 aromatic carbocycles. The second-order valence-electron chi connectivity index (χ2n) is 7.45. The number of benzene rings is 1. The average molecular weight is 369 g/mol. The number of piperidine rings is 1. The normalized spacial score (nSPS) is 22.5. The van der Waals surface area contributed by atoms with E-state index in [1.54, 1.807) is 6.20 Å². The van der Waals surface area contributed by atoms with Gasteiger partial charge in [0.25, 0.3) is 5.91 Å². The van der Waals surface area contributed by atoms with Crippen LogP contribution < -0.4 is 4.74 Å². The summed E-state index contributed by atoms with van der Waals surface area (Å²) in [6.45, 7) is 3.35. The lowest BCUT2D eigenvalue weighted by Gasteiger charge is -2.36. The fraction of sp³-hybridized carbons (Fsp3) is 0.429. The maximum atomic E-state index is 13.7. The van der Waals surface area contributed by atoms with E-state index in [0.717, 1.165) is 32.5 Å². The van der Waals surface area contributed by atoms with Crippen LogP contribution in [0.2, 0.25) is 0 Å². The van der Waals surface area contributed by atoms with Crippen LogP contribution in [0.4, 0.5) is 4.39 Å². The smallest absolute Gasteiger partial charge is 0.258 e. The summed E-state index contributed by atoms with van der Waals surface area (Å²) in [5.74, 6) is 0.305. The quantitative estimate of drug-likeness (QED) is 0.831. The number of pyridine rings is 1. The summed E-state index contributed by atoms with van der Waals surface area (Å²) in [7, 11) is 1.51. The third-order valence-electron chi connectivity index (χ3n) is 5.57. The molecule has 142 valence electrons. The van der Waals surface area contributed by atoms with E-state index in [1.807, 2.05) is 17.2 Å². The van der Waals surface area contributed by atoms with Gasteiger partial charge in [-0.3, -0.25) is 14.7 Å². The number of hydrogen-bond acceptors (Lipinski definition) is 4. The van der Waals surface area contributed by atoms with Gasteiger partial charge in [-0.25, -0.2) is 4.39 Å². The van der Waals surface area contributed by atoms with Crippen LogP contribution in [0.1, 0.15) is 28.8 Å². The van der Waals surface area contributed by atoms with Gasteiger partial charge in [-0.2, -0.15) is 0 Å². The Labute approximate surface area is 158 Å². The zero-order valence-corrected chi connectivity index (χ0v) is 15.5. The Morgan fingerprint density at radius 1 is 1.26 bits per heavy atom. The number of rotatable bonds is 4. The van der Waals surface area contributed by atoms with E-state index in [4.69, 9.17) is 4.74 Å². The van der Waals surface area contributed by atoms with Gasteiger partial charge in [-0.15, -0.1) is 0 Å². The molecule has 5 rings (SSSR count). The molecule has 3 aliphatic rings. The van der Waals surface area contributed by atoms with Crippen LogP contribution in [0.25, 0.3) is 0 Å². The third kappa shape index (κ3) is 3.81. The van der Waals surface area contributed by atoms with Gasteiger partial charge in [-0.1, -0.05) is 6.07 Å². The topological polar surface area (TPSA) is 45.7 Å². The van der Waals surface area contributed by atoms with E-state index in [0.29, 0.717) is 23.8 Å². The number of carbonyl (C=O) groups excluding carboxylic acids is 1. The summed E-state index contributed by atoms with van der Waals surface area (Å²) in [6, 6.07) is 8.30. The molecule has 6 heteroatoms. The van der Waals surface area contributed by atoms with E-state index in [-0.39, 0.29) is 11.9 Å². The standard InChI is InChI=1S/C21H24FN3O2/c1-27-20-7-5-17(22)9-19(20)21(26)25-13-16-4-6-18(25)14-24(12-16)11-15-3-2-8-23-10-15/h2-3,5,7-10,16,18H,4,6,11-14H2,1H3/t16-,18+/m0/s1. The first-order chi connectivity index (χ1) is 13.1. The number of aromatic nitrogens is 1. The largest absolute Gasteiger partial charge is 0.496 e. The van der Waals surface area contributed by atoms with Gasteiger partial charge < -0.3 is 9.64 Å². The van der Waals surface area contributed by atoms with Gasteiger partial charge >= 0.3 is 0 Å². The van der Waals surface area contributed by atoms with E-state index in [9.17, 15) is 9.18 Å². The number of carbonyl (C=O) groups is 1. The predicted molar refractivity (Wildman–Crippen MR) is 100 cm³/mol. The van der Waals surface area contributed by atoms with Crippen LogP contribution in [-0.4, -0.2) is 53.5 Å². The number of ether oxygens (including phenoxy) is 1. The maximum absolute atomic E-state index is 13.7. The fourth-order valence-corrected chi connectivity index (χ4v) is 4.31. The van der Waals surface area contributed by atoms with Gasteiger partial charge in [0.15, 0.2) is 0 Å². The molecule has 3 fully saturated rings. The summed E-state index contributed by atoms with van der Waals surface area (Å²) < 4.78 is 19.0. The summed E-state index contributed by atoms with van der Waals surface area (Å²) in [5.41, 5.74) is 1.49. The van der Waals surface area contributed by atoms with Gasteiger partial charge in [0, 0.05) is 44.6 Å². The van der Waals surface area contributed by atoms with Crippen molar-refractivity contribution in [1.29, 1.82) is 0 Å². The highest BCUT2D eigenvalue weighted by atomic mass is 19.1. The van der Waals surface area contributed by atoms with Gasteiger partial charge in [-0.05, 0) is 48.6 Å². The van der Waals surface area contributed by atoms with E-state index in [2.05, 4.69) is 16.0 Å². The Bertz CT molecular complexity index is 814. The van der Waals surface area contributed by atoms with Crippen molar-refractivity contribution in [3.8, 4) is 5.75 Å². The fourth-order valence-electron chi connectivity index (χ4n) is 4.31. The first-order valence-corrected chi connectivity index (χ1v) is 9.40. The molecule has 1 amide bonds. The van der Waals surface area contributed by atoms with Crippen molar-refractivity contribution in [2.45, 2.75) is 25.4 Å². The minimum atomic E-state index is -0.419. The summed E-state index contributed by atoms with van der Waals surface area (Å²) >= 11 is 0. The van der Waals surface area contributed by atoms with E-state index < -0.39 is 5.82 Å². The molecule has 2 atom stereocenters. The van der Waals surface area contributed by atoms with Crippen LogP contribution in [0, 0.1) is 11.7 Å². The molecule has 4 heterocycles. The number of amides is 1. The zero-order valence-electron chi connectivity index (χ0n) is 15.5. The monoisotopic (exact) mass is 369 g/mol. The van der Waals surface area contributed by atoms with E-state index in [1.165, 1.54) is 30.9 Å².